The van der Waals surface area contributed by atoms with Crippen LogP contribution in [0.3, 0.4) is 0 Å². The predicted molar refractivity (Wildman–Crippen MR) is 88.1 cm³/mol. The number of aromatic hydroxyl groups is 2. The molecule has 1 aliphatic heterocycles. The van der Waals surface area contributed by atoms with Crippen LogP contribution < -0.4 is 4.74 Å². The van der Waals surface area contributed by atoms with Crippen molar-refractivity contribution >= 4 is 5.97 Å². The van der Waals surface area contributed by atoms with Gasteiger partial charge in [0.05, 0.1) is 19.6 Å². The van der Waals surface area contributed by atoms with Crippen LogP contribution >= 0.6 is 0 Å². The van der Waals surface area contributed by atoms with Crippen LogP contribution in [0.5, 0.6) is 17.2 Å². The fourth-order valence-corrected chi connectivity index (χ4v) is 3.15. The zero-order valence-electron chi connectivity index (χ0n) is 13.4. The second-order valence-corrected chi connectivity index (χ2v) is 6.08. The Kier molecular flexibility index (Phi) is 4.60. The van der Waals surface area contributed by atoms with E-state index in [1.165, 1.54) is 7.11 Å². The quantitative estimate of drug-likeness (QED) is 0.825. The number of hydrogen-bond donors (Lipinski definition) is 2. The summed E-state index contributed by atoms with van der Waals surface area (Å²) in [6.45, 7) is 0.383. The van der Waals surface area contributed by atoms with Gasteiger partial charge in [0.25, 0.3) is 0 Å². The molecule has 0 saturated carbocycles. The Morgan fingerprint density at radius 3 is 2.67 bits per heavy atom. The highest BCUT2D eigenvalue weighted by molar-refractivity contribution is 5.75. The first-order chi connectivity index (χ1) is 11.6. The van der Waals surface area contributed by atoms with Crippen LogP contribution in [0.25, 0.3) is 0 Å². The van der Waals surface area contributed by atoms with E-state index >= 15 is 0 Å². The molecule has 1 fully saturated rings. The van der Waals surface area contributed by atoms with Crippen molar-refractivity contribution in [2.45, 2.75) is 12.8 Å². The lowest BCUT2D eigenvalue weighted by Crippen LogP contribution is -2.20. The zero-order valence-corrected chi connectivity index (χ0v) is 13.4. The third-order valence-electron chi connectivity index (χ3n) is 4.42. The standard InChI is InChI=1S/C19H20O5/c1-23-18-10-13(5-6-17(18)21)9-16-14(11-24-19(16)22)7-12-3-2-4-15(20)8-12/h2-6,8,10,14,16,20-21H,7,9,11H2,1H3/t14-,16+/m0/s1. The monoisotopic (exact) mass is 328 g/mol. The van der Waals surface area contributed by atoms with E-state index in [-0.39, 0.29) is 29.3 Å². The molecule has 0 amide bonds. The Hall–Kier alpha value is -2.69. The van der Waals surface area contributed by atoms with Crippen LogP contribution in [-0.2, 0) is 22.4 Å². The van der Waals surface area contributed by atoms with Crippen molar-refractivity contribution in [2.75, 3.05) is 13.7 Å². The van der Waals surface area contributed by atoms with E-state index in [1.54, 1.807) is 36.4 Å². The molecule has 0 spiro atoms. The van der Waals surface area contributed by atoms with Crippen LogP contribution in [0, 0.1) is 11.8 Å². The maximum atomic E-state index is 12.1. The van der Waals surface area contributed by atoms with Gasteiger partial charge in [-0.05, 0) is 48.2 Å². The number of carbonyl (C=O) groups is 1. The summed E-state index contributed by atoms with van der Waals surface area (Å²) in [5.74, 6) is 0.292. The molecule has 1 saturated heterocycles. The van der Waals surface area contributed by atoms with Crippen molar-refractivity contribution in [2.24, 2.45) is 11.8 Å². The molecule has 0 bridgehead atoms. The van der Waals surface area contributed by atoms with Crippen LogP contribution in [-0.4, -0.2) is 29.9 Å². The van der Waals surface area contributed by atoms with Crippen molar-refractivity contribution in [1.82, 2.24) is 0 Å². The van der Waals surface area contributed by atoms with Crippen LogP contribution in [0.4, 0.5) is 0 Å². The van der Waals surface area contributed by atoms with Crippen LogP contribution in [0.1, 0.15) is 11.1 Å². The molecular formula is C19H20O5. The SMILES string of the molecule is COc1cc(C[C@H]2C(=O)OC[C@@H]2Cc2cccc(O)c2)ccc1O. The van der Waals surface area contributed by atoms with Gasteiger partial charge in [0.1, 0.15) is 5.75 Å². The van der Waals surface area contributed by atoms with E-state index < -0.39 is 0 Å². The minimum Gasteiger partial charge on any atom is -0.508 e. The lowest BCUT2D eigenvalue weighted by molar-refractivity contribution is -0.141. The lowest BCUT2D eigenvalue weighted by atomic mass is 9.85. The normalized spacial score (nSPS) is 20.0. The average molecular weight is 328 g/mol. The van der Waals surface area contributed by atoms with E-state index in [9.17, 15) is 15.0 Å². The number of rotatable bonds is 5. The number of methoxy groups -OCH3 is 1. The Morgan fingerprint density at radius 1 is 1.12 bits per heavy atom. The topological polar surface area (TPSA) is 76.0 Å². The van der Waals surface area contributed by atoms with E-state index in [1.807, 2.05) is 6.07 Å². The van der Waals surface area contributed by atoms with Gasteiger partial charge < -0.3 is 19.7 Å². The summed E-state index contributed by atoms with van der Waals surface area (Å²) < 4.78 is 10.4. The maximum absolute atomic E-state index is 12.1. The Labute approximate surface area is 140 Å². The molecule has 5 nitrogen and oxygen atoms in total. The molecule has 3 rings (SSSR count). The third kappa shape index (κ3) is 3.45. The summed E-state index contributed by atoms with van der Waals surface area (Å²) in [4.78, 5) is 12.1. The molecular weight excluding hydrogens is 308 g/mol. The Balaban J connectivity index is 1.76. The molecule has 1 aliphatic rings. The van der Waals surface area contributed by atoms with Gasteiger partial charge in [0, 0.05) is 5.92 Å². The zero-order chi connectivity index (χ0) is 17.1. The molecule has 24 heavy (non-hydrogen) atoms. The molecule has 0 aromatic heterocycles. The van der Waals surface area contributed by atoms with E-state index in [4.69, 9.17) is 9.47 Å². The van der Waals surface area contributed by atoms with Crippen LogP contribution in [0.15, 0.2) is 42.5 Å². The number of cyclic esters (lactones) is 1. The summed E-state index contributed by atoms with van der Waals surface area (Å²) in [5.41, 5.74) is 1.89. The smallest absolute Gasteiger partial charge is 0.309 e. The highest BCUT2D eigenvalue weighted by Crippen LogP contribution is 2.32. The summed E-state index contributed by atoms with van der Waals surface area (Å²) in [6, 6.07) is 12.2. The molecule has 1 heterocycles. The number of benzene rings is 2. The molecule has 2 aromatic rings. The lowest BCUT2D eigenvalue weighted by Gasteiger charge is -2.16. The van der Waals surface area contributed by atoms with E-state index in [0.29, 0.717) is 25.2 Å². The summed E-state index contributed by atoms with van der Waals surface area (Å²) in [7, 11) is 1.49. The number of phenols is 2. The molecule has 5 heteroatoms. The van der Waals surface area contributed by atoms with Gasteiger partial charge >= 0.3 is 5.97 Å². The number of esters is 1. The summed E-state index contributed by atoms with van der Waals surface area (Å²) in [6.07, 6.45) is 1.19. The largest absolute Gasteiger partial charge is 0.508 e. The van der Waals surface area contributed by atoms with Gasteiger partial charge in [-0.25, -0.2) is 0 Å². The molecule has 0 radical (unpaired) electrons. The van der Waals surface area contributed by atoms with Crippen LogP contribution in [0.2, 0.25) is 0 Å². The average Bonchev–Trinajstić information content (AvgIpc) is 2.90. The second-order valence-electron chi connectivity index (χ2n) is 6.08. The number of ether oxygens (including phenoxy) is 2. The molecule has 0 aliphatic carbocycles. The van der Waals surface area contributed by atoms with Gasteiger partial charge in [-0.3, -0.25) is 4.79 Å². The first-order valence-electron chi connectivity index (χ1n) is 7.87. The fraction of sp³-hybridized carbons (Fsp3) is 0.316. The highest BCUT2D eigenvalue weighted by atomic mass is 16.5. The second kappa shape index (κ2) is 6.83. The van der Waals surface area contributed by atoms with Crippen molar-refractivity contribution < 1.29 is 24.5 Å². The van der Waals surface area contributed by atoms with Gasteiger partial charge in [-0.2, -0.15) is 0 Å². The molecule has 2 aromatic carbocycles. The van der Waals surface area contributed by atoms with Gasteiger partial charge in [0.15, 0.2) is 11.5 Å². The van der Waals surface area contributed by atoms with Crippen molar-refractivity contribution in [3.63, 3.8) is 0 Å². The molecule has 0 unspecified atom stereocenters. The number of carbonyl (C=O) groups excluding carboxylic acids is 1. The summed E-state index contributed by atoms with van der Waals surface area (Å²) in [5, 5.41) is 19.3. The van der Waals surface area contributed by atoms with E-state index in [2.05, 4.69) is 0 Å². The Bertz CT molecular complexity index is 740. The van der Waals surface area contributed by atoms with Crippen molar-refractivity contribution in [3.05, 3.63) is 53.6 Å². The summed E-state index contributed by atoms with van der Waals surface area (Å²) >= 11 is 0. The maximum Gasteiger partial charge on any atom is 0.309 e. The van der Waals surface area contributed by atoms with Crippen molar-refractivity contribution in [3.8, 4) is 17.2 Å². The highest BCUT2D eigenvalue weighted by Gasteiger charge is 2.36. The minimum absolute atomic E-state index is 0.0547. The first kappa shape index (κ1) is 16.2. The van der Waals surface area contributed by atoms with Gasteiger partial charge in [0.2, 0.25) is 0 Å². The molecule has 126 valence electrons. The predicted octanol–water partition coefficient (Wildman–Crippen LogP) is 2.68. The Morgan fingerprint density at radius 2 is 1.92 bits per heavy atom. The minimum atomic E-state index is -0.249. The fourth-order valence-electron chi connectivity index (χ4n) is 3.15. The third-order valence-corrected chi connectivity index (χ3v) is 4.42. The molecule has 2 N–H and O–H groups in total. The first-order valence-corrected chi connectivity index (χ1v) is 7.87. The van der Waals surface area contributed by atoms with Gasteiger partial charge in [-0.1, -0.05) is 18.2 Å². The number of phenolic OH excluding ortho intramolecular Hbond substituents is 2. The van der Waals surface area contributed by atoms with E-state index in [0.717, 1.165) is 11.1 Å². The molecule has 2 atom stereocenters. The van der Waals surface area contributed by atoms with Crippen molar-refractivity contribution in [1.29, 1.82) is 0 Å². The van der Waals surface area contributed by atoms with Gasteiger partial charge in [-0.15, -0.1) is 0 Å². The number of hydrogen-bond acceptors (Lipinski definition) is 5.